The van der Waals surface area contributed by atoms with E-state index in [1.807, 2.05) is 64.7 Å². The first-order valence-electron chi connectivity index (χ1n) is 10.2. The van der Waals surface area contributed by atoms with E-state index in [0.29, 0.717) is 19.6 Å². The maximum absolute atomic E-state index is 13.0. The molecule has 0 bridgehead atoms. The van der Waals surface area contributed by atoms with Crippen molar-refractivity contribution in [2.45, 2.75) is 25.9 Å². The van der Waals surface area contributed by atoms with Crippen molar-refractivity contribution in [3.8, 4) is 0 Å². The van der Waals surface area contributed by atoms with E-state index in [-0.39, 0.29) is 17.7 Å². The van der Waals surface area contributed by atoms with Gasteiger partial charge >= 0.3 is 0 Å². The topological polar surface area (TPSA) is 58.4 Å². The molecule has 0 spiro atoms. The minimum atomic E-state index is -0.146. The summed E-state index contributed by atoms with van der Waals surface area (Å²) in [6.07, 6.45) is 5.49. The van der Waals surface area contributed by atoms with Crippen LogP contribution in [0.1, 0.15) is 33.6 Å². The lowest BCUT2D eigenvalue weighted by Gasteiger charge is -2.33. The predicted octanol–water partition coefficient (Wildman–Crippen LogP) is 3.50. The number of piperidine rings is 1. The van der Waals surface area contributed by atoms with Crippen molar-refractivity contribution in [2.75, 3.05) is 20.1 Å². The van der Waals surface area contributed by atoms with Crippen LogP contribution >= 0.6 is 11.3 Å². The number of hydrogen-bond donors (Lipinski definition) is 0. The van der Waals surface area contributed by atoms with Crippen LogP contribution < -0.4 is 0 Å². The highest BCUT2D eigenvalue weighted by molar-refractivity contribution is 7.12. The molecule has 1 atom stereocenters. The molecule has 2 amide bonds. The van der Waals surface area contributed by atoms with Crippen molar-refractivity contribution < 1.29 is 9.59 Å². The largest absolute Gasteiger partial charge is 0.341 e. The molecule has 156 valence electrons. The molecule has 6 nitrogen and oxygen atoms in total. The SMILES string of the molecule is CN(Cc1cnn(Cc2ccccc2)c1)C(=O)C1CCCN(C(=O)c2cccs2)C1. The van der Waals surface area contributed by atoms with E-state index in [1.54, 1.807) is 4.90 Å². The molecule has 2 aromatic heterocycles. The van der Waals surface area contributed by atoms with Gasteiger partial charge in [-0.3, -0.25) is 14.3 Å². The van der Waals surface area contributed by atoms with Gasteiger partial charge in [-0.05, 0) is 29.9 Å². The van der Waals surface area contributed by atoms with Gasteiger partial charge in [0, 0.05) is 38.4 Å². The Morgan fingerprint density at radius 3 is 2.77 bits per heavy atom. The number of carbonyl (C=O) groups excluding carboxylic acids is 2. The number of nitrogens with zero attached hydrogens (tertiary/aromatic N) is 4. The van der Waals surface area contributed by atoms with Gasteiger partial charge in [-0.15, -0.1) is 11.3 Å². The Hall–Kier alpha value is -2.93. The van der Waals surface area contributed by atoms with Crippen LogP contribution in [-0.4, -0.2) is 51.5 Å². The number of likely N-dealkylation sites (tertiary alicyclic amines) is 1. The summed E-state index contributed by atoms with van der Waals surface area (Å²) in [5, 5.41) is 6.34. The van der Waals surface area contributed by atoms with Crippen LogP contribution in [-0.2, 0) is 17.9 Å². The molecule has 1 saturated heterocycles. The van der Waals surface area contributed by atoms with Crippen molar-refractivity contribution in [3.63, 3.8) is 0 Å². The van der Waals surface area contributed by atoms with E-state index >= 15 is 0 Å². The van der Waals surface area contributed by atoms with Gasteiger partial charge in [-0.1, -0.05) is 36.4 Å². The maximum Gasteiger partial charge on any atom is 0.263 e. The first kappa shape index (κ1) is 20.3. The molecule has 0 N–H and O–H groups in total. The Kier molecular flexibility index (Phi) is 6.28. The Morgan fingerprint density at radius 1 is 1.17 bits per heavy atom. The number of benzene rings is 1. The predicted molar refractivity (Wildman–Crippen MR) is 117 cm³/mol. The molecule has 1 fully saturated rings. The van der Waals surface area contributed by atoms with Gasteiger partial charge in [0.2, 0.25) is 5.91 Å². The molecule has 0 radical (unpaired) electrons. The third kappa shape index (κ3) is 4.79. The van der Waals surface area contributed by atoms with Crippen molar-refractivity contribution >= 4 is 23.2 Å². The number of thiophene rings is 1. The zero-order valence-electron chi connectivity index (χ0n) is 17.1. The fourth-order valence-electron chi connectivity index (χ4n) is 3.93. The summed E-state index contributed by atoms with van der Waals surface area (Å²) in [6.45, 7) is 2.44. The van der Waals surface area contributed by atoms with Crippen LogP contribution in [0.5, 0.6) is 0 Å². The summed E-state index contributed by atoms with van der Waals surface area (Å²) in [4.78, 5) is 30.0. The van der Waals surface area contributed by atoms with Crippen LogP contribution in [0, 0.1) is 5.92 Å². The van der Waals surface area contributed by atoms with Gasteiger partial charge in [0.15, 0.2) is 0 Å². The van der Waals surface area contributed by atoms with Crippen LogP contribution in [0.2, 0.25) is 0 Å². The zero-order chi connectivity index (χ0) is 20.9. The van der Waals surface area contributed by atoms with Gasteiger partial charge in [0.05, 0.1) is 23.5 Å². The van der Waals surface area contributed by atoms with E-state index in [2.05, 4.69) is 17.2 Å². The highest BCUT2D eigenvalue weighted by atomic mass is 32.1. The lowest BCUT2D eigenvalue weighted by atomic mass is 9.96. The maximum atomic E-state index is 13.0. The second kappa shape index (κ2) is 9.26. The molecule has 1 aromatic carbocycles. The number of amides is 2. The molecular formula is C23H26N4O2S. The summed E-state index contributed by atoms with van der Waals surface area (Å²) in [5.74, 6) is -0.0196. The van der Waals surface area contributed by atoms with Gasteiger partial charge in [0.1, 0.15) is 0 Å². The van der Waals surface area contributed by atoms with Crippen LogP contribution in [0.4, 0.5) is 0 Å². The normalized spacial score (nSPS) is 16.4. The van der Waals surface area contributed by atoms with E-state index in [4.69, 9.17) is 0 Å². The third-order valence-electron chi connectivity index (χ3n) is 5.46. The highest BCUT2D eigenvalue weighted by Crippen LogP contribution is 2.22. The number of rotatable bonds is 6. The molecule has 30 heavy (non-hydrogen) atoms. The van der Waals surface area contributed by atoms with Gasteiger partial charge in [-0.25, -0.2) is 0 Å². The second-order valence-corrected chi connectivity index (χ2v) is 8.74. The average Bonchev–Trinajstić information content (AvgIpc) is 3.46. The quantitative estimate of drug-likeness (QED) is 0.611. The molecule has 0 aliphatic carbocycles. The first-order valence-corrected chi connectivity index (χ1v) is 11.1. The smallest absolute Gasteiger partial charge is 0.263 e. The Balaban J connectivity index is 1.34. The summed E-state index contributed by atoms with van der Waals surface area (Å²) >= 11 is 1.45. The van der Waals surface area contributed by atoms with Crippen molar-refractivity contribution in [1.82, 2.24) is 19.6 Å². The Bertz CT molecular complexity index is 984. The fourth-order valence-corrected chi connectivity index (χ4v) is 4.62. The molecule has 0 saturated carbocycles. The molecule has 3 heterocycles. The van der Waals surface area contributed by atoms with Gasteiger partial charge < -0.3 is 9.80 Å². The lowest BCUT2D eigenvalue weighted by molar-refractivity contribution is -0.136. The lowest BCUT2D eigenvalue weighted by Crippen LogP contribution is -2.45. The summed E-state index contributed by atoms with van der Waals surface area (Å²) in [5.41, 5.74) is 2.19. The average molecular weight is 423 g/mol. The fraction of sp³-hybridized carbons (Fsp3) is 0.348. The monoisotopic (exact) mass is 422 g/mol. The molecule has 3 aromatic rings. The summed E-state index contributed by atoms with van der Waals surface area (Å²) in [6, 6.07) is 13.9. The van der Waals surface area contributed by atoms with Gasteiger partial charge in [0.25, 0.3) is 5.91 Å². The van der Waals surface area contributed by atoms with E-state index in [1.165, 1.54) is 16.9 Å². The van der Waals surface area contributed by atoms with Crippen molar-refractivity contribution in [1.29, 1.82) is 0 Å². The zero-order valence-corrected chi connectivity index (χ0v) is 17.9. The molecular weight excluding hydrogens is 396 g/mol. The van der Waals surface area contributed by atoms with Gasteiger partial charge in [-0.2, -0.15) is 5.10 Å². The van der Waals surface area contributed by atoms with E-state index in [0.717, 1.165) is 29.8 Å². The minimum absolute atomic E-state index is 0.0346. The van der Waals surface area contributed by atoms with E-state index < -0.39 is 0 Å². The standard InChI is InChI=1S/C23H26N4O2S/c1-25(14-19-13-24-27(16-19)15-18-7-3-2-4-8-18)22(28)20-9-5-11-26(17-20)23(29)21-10-6-12-30-21/h2-4,6-8,10,12-13,16,20H,5,9,11,14-15,17H2,1H3. The second-order valence-electron chi connectivity index (χ2n) is 7.79. The molecule has 1 unspecified atom stereocenters. The summed E-state index contributed by atoms with van der Waals surface area (Å²) < 4.78 is 1.89. The molecule has 4 rings (SSSR count). The Morgan fingerprint density at radius 2 is 2.00 bits per heavy atom. The number of aromatic nitrogens is 2. The van der Waals surface area contributed by atoms with E-state index in [9.17, 15) is 9.59 Å². The number of carbonyl (C=O) groups is 2. The third-order valence-corrected chi connectivity index (χ3v) is 6.32. The molecule has 7 heteroatoms. The van der Waals surface area contributed by atoms with Crippen molar-refractivity contribution in [3.05, 3.63) is 76.2 Å². The Labute approximate surface area is 180 Å². The van der Waals surface area contributed by atoms with Crippen molar-refractivity contribution in [2.24, 2.45) is 5.92 Å². The highest BCUT2D eigenvalue weighted by Gasteiger charge is 2.31. The van der Waals surface area contributed by atoms with Crippen LogP contribution in [0.15, 0.2) is 60.2 Å². The summed E-state index contributed by atoms with van der Waals surface area (Å²) in [7, 11) is 1.83. The number of hydrogen-bond acceptors (Lipinski definition) is 4. The van der Waals surface area contributed by atoms with Crippen LogP contribution in [0.25, 0.3) is 0 Å². The van der Waals surface area contributed by atoms with Crippen LogP contribution in [0.3, 0.4) is 0 Å². The first-order chi connectivity index (χ1) is 14.6. The molecule has 1 aliphatic heterocycles. The minimum Gasteiger partial charge on any atom is -0.341 e. The molecule has 1 aliphatic rings.